The lowest BCUT2D eigenvalue weighted by Gasteiger charge is -2.12. The lowest BCUT2D eigenvalue weighted by Crippen LogP contribution is -2.16. The Hall–Kier alpha value is -1.35. The van der Waals surface area contributed by atoms with E-state index in [1.807, 2.05) is 26.1 Å². The van der Waals surface area contributed by atoms with Crippen molar-refractivity contribution in [3.05, 3.63) is 35.7 Å². The second kappa shape index (κ2) is 6.01. The molecule has 0 bridgehead atoms. The second-order valence-electron chi connectivity index (χ2n) is 5.14. The largest absolute Gasteiger partial charge is 0.493 e. The number of hydrogen-bond donors (Lipinski definition) is 1. The summed E-state index contributed by atoms with van der Waals surface area (Å²) in [6.45, 7) is 9.44. The highest BCUT2D eigenvalue weighted by Crippen LogP contribution is 2.23. The van der Waals surface area contributed by atoms with Gasteiger partial charge in [-0.05, 0) is 26.7 Å². The minimum absolute atomic E-state index is 0.690. The highest BCUT2D eigenvalue weighted by molar-refractivity contribution is 5.33. The minimum atomic E-state index is 0.690. The molecule has 1 aromatic heterocycles. The molecule has 1 heterocycles. The Morgan fingerprint density at radius 1 is 1.56 bits per heavy atom. The van der Waals surface area contributed by atoms with Crippen LogP contribution in [0.3, 0.4) is 0 Å². The number of hydrogen-bond acceptors (Lipinski definition) is 3. The average Bonchev–Trinajstić information content (AvgIpc) is 3.11. The molecular weight excluding hydrogens is 224 g/mol. The summed E-state index contributed by atoms with van der Waals surface area (Å²) in [5, 5.41) is 3.49. The number of pyridine rings is 1. The lowest BCUT2D eigenvalue weighted by molar-refractivity contribution is 0.316. The first-order valence-electron chi connectivity index (χ1n) is 6.61. The third-order valence-corrected chi connectivity index (χ3v) is 3.03. The molecule has 0 spiro atoms. The van der Waals surface area contributed by atoms with E-state index in [1.165, 1.54) is 12.8 Å². The van der Waals surface area contributed by atoms with Crippen molar-refractivity contribution in [2.45, 2.75) is 45.7 Å². The molecular formula is C15H22N2O. The van der Waals surface area contributed by atoms with E-state index in [0.29, 0.717) is 12.6 Å². The van der Waals surface area contributed by atoms with Gasteiger partial charge in [-0.1, -0.05) is 5.57 Å². The van der Waals surface area contributed by atoms with Gasteiger partial charge in [0, 0.05) is 42.5 Å². The van der Waals surface area contributed by atoms with E-state index in [2.05, 4.69) is 16.9 Å². The molecule has 0 atom stereocenters. The molecule has 3 heteroatoms. The third-order valence-electron chi connectivity index (χ3n) is 3.03. The molecule has 1 aromatic rings. The van der Waals surface area contributed by atoms with Crippen LogP contribution in [0.2, 0.25) is 0 Å². The van der Waals surface area contributed by atoms with Gasteiger partial charge >= 0.3 is 0 Å². The van der Waals surface area contributed by atoms with Crippen molar-refractivity contribution in [2.24, 2.45) is 0 Å². The summed E-state index contributed by atoms with van der Waals surface area (Å²) in [5.41, 5.74) is 3.29. The molecule has 0 unspecified atom stereocenters. The van der Waals surface area contributed by atoms with E-state index in [1.54, 1.807) is 0 Å². The van der Waals surface area contributed by atoms with E-state index in [-0.39, 0.29) is 0 Å². The van der Waals surface area contributed by atoms with Crippen LogP contribution in [0.15, 0.2) is 24.4 Å². The third kappa shape index (κ3) is 4.15. The monoisotopic (exact) mass is 246 g/mol. The molecule has 3 nitrogen and oxygen atoms in total. The van der Waals surface area contributed by atoms with Crippen LogP contribution in [0, 0.1) is 6.92 Å². The maximum Gasteiger partial charge on any atom is 0.127 e. The predicted octanol–water partition coefficient (Wildman–Crippen LogP) is 2.99. The molecule has 0 amide bonds. The molecule has 1 fully saturated rings. The molecule has 1 aliphatic rings. The van der Waals surface area contributed by atoms with Gasteiger partial charge in [0.05, 0.1) is 6.61 Å². The molecule has 0 aliphatic heterocycles. The van der Waals surface area contributed by atoms with Crippen LogP contribution in [-0.4, -0.2) is 17.6 Å². The van der Waals surface area contributed by atoms with Gasteiger partial charge < -0.3 is 10.1 Å². The molecule has 0 saturated heterocycles. The van der Waals surface area contributed by atoms with E-state index >= 15 is 0 Å². The van der Waals surface area contributed by atoms with Gasteiger partial charge in [0.2, 0.25) is 0 Å². The molecule has 0 aromatic carbocycles. The van der Waals surface area contributed by atoms with Gasteiger partial charge in [-0.25, -0.2) is 0 Å². The molecule has 18 heavy (non-hydrogen) atoms. The summed E-state index contributed by atoms with van der Waals surface area (Å²) in [7, 11) is 0. The highest BCUT2D eigenvalue weighted by atomic mass is 16.5. The van der Waals surface area contributed by atoms with E-state index in [9.17, 15) is 0 Å². The Balaban J connectivity index is 1.95. The number of nitrogens with one attached hydrogen (secondary N) is 1. The zero-order chi connectivity index (χ0) is 13.0. The van der Waals surface area contributed by atoms with Crippen LogP contribution in [0.1, 0.15) is 37.4 Å². The van der Waals surface area contributed by atoms with E-state index < -0.39 is 0 Å². The number of ether oxygens (including phenoxy) is 1. The summed E-state index contributed by atoms with van der Waals surface area (Å²) >= 11 is 0. The van der Waals surface area contributed by atoms with Gasteiger partial charge in [-0.15, -0.1) is 6.58 Å². The molecule has 98 valence electrons. The number of nitrogens with zero attached hydrogens (tertiary/aromatic N) is 1. The summed E-state index contributed by atoms with van der Waals surface area (Å²) in [6, 6.07) is 2.72. The van der Waals surface area contributed by atoms with Crippen molar-refractivity contribution >= 4 is 0 Å². The van der Waals surface area contributed by atoms with Gasteiger partial charge in [-0.3, -0.25) is 4.98 Å². The maximum absolute atomic E-state index is 5.84. The highest BCUT2D eigenvalue weighted by Gasteiger charge is 2.20. The number of rotatable bonds is 7. The van der Waals surface area contributed by atoms with Crippen molar-refractivity contribution in [3.8, 4) is 5.75 Å². The fraction of sp³-hybridized carbons (Fsp3) is 0.533. The lowest BCUT2D eigenvalue weighted by atomic mass is 10.2. The van der Waals surface area contributed by atoms with Gasteiger partial charge in [0.1, 0.15) is 5.75 Å². The molecule has 2 rings (SSSR count). The summed E-state index contributed by atoms with van der Waals surface area (Å²) in [5.74, 6) is 0.955. The summed E-state index contributed by atoms with van der Waals surface area (Å²) < 4.78 is 5.84. The zero-order valence-corrected chi connectivity index (χ0v) is 11.3. The summed E-state index contributed by atoms with van der Waals surface area (Å²) in [4.78, 5) is 4.34. The molecule has 0 radical (unpaired) electrons. The Bertz CT molecular complexity index is 425. The molecule has 1 aliphatic carbocycles. The van der Waals surface area contributed by atoms with Crippen molar-refractivity contribution in [3.63, 3.8) is 0 Å². The van der Waals surface area contributed by atoms with Gasteiger partial charge in [-0.2, -0.15) is 0 Å². The minimum Gasteiger partial charge on any atom is -0.493 e. The van der Waals surface area contributed by atoms with Crippen molar-refractivity contribution in [1.29, 1.82) is 0 Å². The Kier molecular flexibility index (Phi) is 4.37. The Morgan fingerprint density at radius 3 is 3.00 bits per heavy atom. The maximum atomic E-state index is 5.84. The van der Waals surface area contributed by atoms with Crippen LogP contribution >= 0.6 is 0 Å². The zero-order valence-electron chi connectivity index (χ0n) is 11.3. The first-order chi connectivity index (χ1) is 8.65. The fourth-order valence-electron chi connectivity index (χ4n) is 1.71. The normalized spacial score (nSPS) is 14.6. The standard InChI is InChI=1S/C15H22N2O/c1-11(2)6-7-18-15-8-12(3)16-9-13(15)10-17-14-4-5-14/h8-9,14,17H,1,4-7,10H2,2-3H3. The van der Waals surface area contributed by atoms with Gasteiger partial charge in [0.25, 0.3) is 0 Å². The van der Waals surface area contributed by atoms with E-state index in [0.717, 1.165) is 35.5 Å². The average molecular weight is 246 g/mol. The van der Waals surface area contributed by atoms with Crippen LogP contribution in [-0.2, 0) is 6.54 Å². The number of aromatic nitrogens is 1. The van der Waals surface area contributed by atoms with Crippen molar-refractivity contribution < 1.29 is 4.74 Å². The van der Waals surface area contributed by atoms with E-state index in [4.69, 9.17) is 4.74 Å². The first kappa shape index (κ1) is 13.1. The van der Waals surface area contributed by atoms with Gasteiger partial charge in [0.15, 0.2) is 0 Å². The van der Waals surface area contributed by atoms with Crippen LogP contribution in [0.25, 0.3) is 0 Å². The summed E-state index contributed by atoms with van der Waals surface area (Å²) in [6.07, 6.45) is 5.41. The predicted molar refractivity (Wildman–Crippen MR) is 73.8 cm³/mol. The number of aryl methyl sites for hydroxylation is 1. The van der Waals surface area contributed by atoms with Crippen LogP contribution in [0.4, 0.5) is 0 Å². The molecule has 1 saturated carbocycles. The first-order valence-corrected chi connectivity index (χ1v) is 6.61. The quantitative estimate of drug-likeness (QED) is 0.751. The van der Waals surface area contributed by atoms with Crippen molar-refractivity contribution in [2.75, 3.05) is 6.61 Å². The Labute approximate surface area is 109 Å². The van der Waals surface area contributed by atoms with Crippen LogP contribution < -0.4 is 10.1 Å². The SMILES string of the molecule is C=C(C)CCOc1cc(C)ncc1CNC1CC1. The molecule has 1 N–H and O–H groups in total. The topological polar surface area (TPSA) is 34.1 Å². The fourth-order valence-corrected chi connectivity index (χ4v) is 1.71. The van der Waals surface area contributed by atoms with Crippen molar-refractivity contribution in [1.82, 2.24) is 10.3 Å². The van der Waals surface area contributed by atoms with Crippen LogP contribution in [0.5, 0.6) is 5.75 Å². The Morgan fingerprint density at radius 2 is 2.33 bits per heavy atom. The smallest absolute Gasteiger partial charge is 0.127 e. The second-order valence-corrected chi connectivity index (χ2v) is 5.14.